The molecule has 2 aromatic heterocycles. The first kappa shape index (κ1) is 16.9. The Bertz CT molecular complexity index is 630. The largest absolute Gasteiger partial charge is 0.357 e. The maximum atomic E-state index is 4.64. The Morgan fingerprint density at radius 2 is 2.00 bits per heavy atom. The molecule has 7 heteroatoms. The topological polar surface area (TPSA) is 62.2 Å². The Hall–Kier alpha value is -1.47. The monoisotopic (exact) mass is 337 g/mol. The van der Waals surface area contributed by atoms with Gasteiger partial charge in [0.15, 0.2) is 5.96 Å². The van der Waals surface area contributed by atoms with Gasteiger partial charge in [-0.05, 0) is 27.7 Å². The second-order valence-corrected chi connectivity index (χ2v) is 7.32. The Kier molecular flexibility index (Phi) is 6.33. The summed E-state index contributed by atoms with van der Waals surface area (Å²) in [6.07, 6.45) is 0.910. The number of hydrogen-bond donors (Lipinski definition) is 2. The third-order valence-electron chi connectivity index (χ3n) is 3.06. The van der Waals surface area contributed by atoms with Crippen LogP contribution in [0.4, 0.5) is 0 Å². The molecule has 2 N–H and O–H groups in total. The van der Waals surface area contributed by atoms with E-state index < -0.39 is 0 Å². The van der Waals surface area contributed by atoms with Gasteiger partial charge in [-0.1, -0.05) is 0 Å². The van der Waals surface area contributed by atoms with Gasteiger partial charge in [0.25, 0.3) is 0 Å². The molecule has 5 nitrogen and oxygen atoms in total. The number of aliphatic imine (C=N–C) groups is 1. The lowest BCUT2D eigenvalue weighted by Crippen LogP contribution is -2.38. The minimum Gasteiger partial charge on any atom is -0.357 e. The summed E-state index contributed by atoms with van der Waals surface area (Å²) in [7, 11) is 0. The summed E-state index contributed by atoms with van der Waals surface area (Å²) in [4.78, 5) is 14.8. The van der Waals surface area contributed by atoms with E-state index >= 15 is 0 Å². The number of rotatable bonds is 6. The Morgan fingerprint density at radius 3 is 2.59 bits per heavy atom. The summed E-state index contributed by atoms with van der Waals surface area (Å²) < 4.78 is 0. The second-order valence-electron chi connectivity index (χ2n) is 4.97. The molecule has 2 aromatic rings. The first-order chi connectivity index (χ1) is 10.6. The van der Waals surface area contributed by atoms with Gasteiger partial charge in [0.1, 0.15) is 0 Å². The van der Waals surface area contributed by atoms with Gasteiger partial charge in [-0.25, -0.2) is 15.0 Å². The quantitative estimate of drug-likeness (QED) is 0.628. The highest BCUT2D eigenvalue weighted by Crippen LogP contribution is 2.17. The van der Waals surface area contributed by atoms with Crippen LogP contribution < -0.4 is 10.6 Å². The fraction of sp³-hybridized carbons (Fsp3) is 0.533. The number of nitrogens with one attached hydrogen (secondary N) is 2. The van der Waals surface area contributed by atoms with Crippen LogP contribution in [-0.2, 0) is 13.0 Å². The highest BCUT2D eigenvalue weighted by atomic mass is 32.1. The molecule has 120 valence electrons. The maximum absolute atomic E-state index is 4.64. The fourth-order valence-electron chi connectivity index (χ4n) is 2.04. The smallest absolute Gasteiger partial charge is 0.191 e. The van der Waals surface area contributed by atoms with Crippen LogP contribution >= 0.6 is 22.7 Å². The summed E-state index contributed by atoms with van der Waals surface area (Å²) in [5.74, 6) is 0.847. The van der Waals surface area contributed by atoms with E-state index in [-0.39, 0.29) is 0 Å². The van der Waals surface area contributed by atoms with E-state index in [4.69, 9.17) is 0 Å². The minimum absolute atomic E-state index is 0.669. The molecule has 0 aliphatic heterocycles. The van der Waals surface area contributed by atoms with Crippen molar-refractivity contribution in [1.82, 2.24) is 20.6 Å². The minimum atomic E-state index is 0.669. The standard InChI is InChI=1S/C15H23N5S2/c1-5-16-15(17-7-6-13-9-21-11(3)20-13)18-8-14-10(2)19-12(4)22-14/h9H,5-8H2,1-4H3,(H2,16,17,18). The zero-order valence-electron chi connectivity index (χ0n) is 13.6. The van der Waals surface area contributed by atoms with Gasteiger partial charge >= 0.3 is 0 Å². The van der Waals surface area contributed by atoms with Crippen molar-refractivity contribution in [3.8, 4) is 0 Å². The summed E-state index contributed by atoms with van der Waals surface area (Å²) in [6.45, 7) is 10.5. The molecule has 0 saturated carbocycles. The van der Waals surface area contributed by atoms with Crippen molar-refractivity contribution < 1.29 is 0 Å². The molecular formula is C15H23N5S2. The van der Waals surface area contributed by atoms with Gasteiger partial charge in [-0.15, -0.1) is 22.7 Å². The number of aromatic nitrogens is 2. The van der Waals surface area contributed by atoms with Crippen LogP contribution in [0.2, 0.25) is 0 Å². The van der Waals surface area contributed by atoms with Gasteiger partial charge in [0, 0.05) is 29.8 Å². The van der Waals surface area contributed by atoms with Gasteiger partial charge in [-0.2, -0.15) is 0 Å². The third-order valence-corrected chi connectivity index (χ3v) is 4.94. The Balaban J connectivity index is 1.88. The third kappa shape index (κ3) is 5.06. The van der Waals surface area contributed by atoms with Crippen molar-refractivity contribution in [1.29, 1.82) is 0 Å². The zero-order chi connectivity index (χ0) is 15.9. The predicted octanol–water partition coefficient (Wildman–Crippen LogP) is 2.82. The van der Waals surface area contributed by atoms with Crippen LogP contribution in [0.1, 0.15) is 33.2 Å². The van der Waals surface area contributed by atoms with Crippen LogP contribution in [0.5, 0.6) is 0 Å². The zero-order valence-corrected chi connectivity index (χ0v) is 15.2. The molecule has 0 aromatic carbocycles. The number of nitrogens with zero attached hydrogens (tertiary/aromatic N) is 3. The van der Waals surface area contributed by atoms with Crippen molar-refractivity contribution in [3.63, 3.8) is 0 Å². The SMILES string of the molecule is CCNC(=NCc1sc(C)nc1C)NCCc1csc(C)n1. The maximum Gasteiger partial charge on any atom is 0.191 e. The van der Waals surface area contributed by atoms with Crippen molar-refractivity contribution in [2.45, 2.75) is 40.7 Å². The van der Waals surface area contributed by atoms with E-state index in [2.05, 4.69) is 37.9 Å². The number of hydrogen-bond acceptors (Lipinski definition) is 5. The second kappa shape index (κ2) is 8.24. The molecule has 0 spiro atoms. The molecule has 0 atom stereocenters. The normalized spacial score (nSPS) is 11.7. The summed E-state index contributed by atoms with van der Waals surface area (Å²) >= 11 is 3.41. The van der Waals surface area contributed by atoms with Gasteiger partial charge in [-0.3, -0.25) is 0 Å². The molecule has 0 saturated heterocycles. The number of guanidine groups is 1. The molecule has 0 unspecified atom stereocenters. The highest BCUT2D eigenvalue weighted by molar-refractivity contribution is 7.11. The Labute approximate surface area is 139 Å². The molecule has 2 rings (SSSR count). The van der Waals surface area contributed by atoms with Crippen molar-refractivity contribution in [2.75, 3.05) is 13.1 Å². The molecule has 22 heavy (non-hydrogen) atoms. The first-order valence-electron chi connectivity index (χ1n) is 7.44. The predicted molar refractivity (Wildman–Crippen MR) is 95.0 cm³/mol. The lowest BCUT2D eigenvalue weighted by atomic mass is 10.3. The molecule has 0 amide bonds. The number of thiazole rings is 2. The van der Waals surface area contributed by atoms with Crippen LogP contribution in [0.25, 0.3) is 0 Å². The van der Waals surface area contributed by atoms with E-state index in [0.29, 0.717) is 6.54 Å². The molecule has 2 heterocycles. The summed E-state index contributed by atoms with van der Waals surface area (Å²) in [5.41, 5.74) is 2.22. The van der Waals surface area contributed by atoms with Crippen molar-refractivity contribution in [2.24, 2.45) is 4.99 Å². The van der Waals surface area contributed by atoms with Gasteiger partial charge in [0.2, 0.25) is 0 Å². The van der Waals surface area contributed by atoms with Crippen molar-refractivity contribution >= 4 is 28.6 Å². The van der Waals surface area contributed by atoms with E-state index in [1.165, 1.54) is 4.88 Å². The average Bonchev–Trinajstić information content (AvgIpc) is 3.01. The molecule has 0 fully saturated rings. The number of aryl methyl sites for hydroxylation is 3. The molecule has 0 aliphatic carbocycles. The lowest BCUT2D eigenvalue weighted by Gasteiger charge is -2.10. The summed E-state index contributed by atoms with van der Waals surface area (Å²) in [6, 6.07) is 0. The van der Waals surface area contributed by atoms with Crippen LogP contribution in [-0.4, -0.2) is 29.0 Å². The van der Waals surface area contributed by atoms with Gasteiger partial charge in [0.05, 0.1) is 27.9 Å². The van der Waals surface area contributed by atoms with Crippen LogP contribution in [0, 0.1) is 20.8 Å². The summed E-state index contributed by atoms with van der Waals surface area (Å²) in [5, 5.41) is 11.0. The van der Waals surface area contributed by atoms with E-state index in [9.17, 15) is 0 Å². The van der Waals surface area contributed by atoms with E-state index in [1.807, 2.05) is 20.8 Å². The first-order valence-corrected chi connectivity index (χ1v) is 9.14. The van der Waals surface area contributed by atoms with Gasteiger partial charge < -0.3 is 10.6 Å². The van der Waals surface area contributed by atoms with Crippen LogP contribution in [0.15, 0.2) is 10.4 Å². The van der Waals surface area contributed by atoms with E-state index in [0.717, 1.165) is 46.9 Å². The molecule has 0 bridgehead atoms. The molecule has 0 aliphatic rings. The highest BCUT2D eigenvalue weighted by Gasteiger charge is 2.05. The molecular weight excluding hydrogens is 314 g/mol. The average molecular weight is 338 g/mol. The molecule has 0 radical (unpaired) electrons. The lowest BCUT2D eigenvalue weighted by molar-refractivity contribution is 0.790. The van der Waals surface area contributed by atoms with Crippen molar-refractivity contribution in [3.05, 3.63) is 31.7 Å². The Morgan fingerprint density at radius 1 is 1.18 bits per heavy atom. The fourth-order valence-corrected chi connectivity index (χ4v) is 3.55. The van der Waals surface area contributed by atoms with Crippen LogP contribution in [0.3, 0.4) is 0 Å². The van der Waals surface area contributed by atoms with E-state index in [1.54, 1.807) is 22.7 Å².